The van der Waals surface area contributed by atoms with Crippen LogP contribution in [0.1, 0.15) is 11.1 Å². The molecule has 0 aromatic heterocycles. The molecule has 0 atom stereocenters. The average Bonchev–Trinajstić information content (AvgIpc) is 2.66. The number of ether oxygens (including phenoxy) is 1. The summed E-state index contributed by atoms with van der Waals surface area (Å²) in [5.74, 6) is 0.540. The van der Waals surface area contributed by atoms with E-state index in [1.807, 2.05) is 24.3 Å². The number of rotatable bonds is 8. The fourth-order valence-corrected chi connectivity index (χ4v) is 2.93. The highest BCUT2D eigenvalue weighted by atomic mass is 19.1. The molecule has 5 heteroatoms. The van der Waals surface area contributed by atoms with Gasteiger partial charge in [0.15, 0.2) is 0 Å². The molecule has 2 N–H and O–H groups in total. The van der Waals surface area contributed by atoms with E-state index < -0.39 is 0 Å². The van der Waals surface area contributed by atoms with Gasteiger partial charge in [-0.25, -0.2) is 4.39 Å². The minimum absolute atomic E-state index is 0.228. The van der Waals surface area contributed by atoms with Crippen LogP contribution in [0.3, 0.4) is 0 Å². The molecule has 134 valence electrons. The Labute approximate surface area is 149 Å². The maximum absolute atomic E-state index is 13.6. The minimum Gasteiger partial charge on any atom is -0.489 e. The third kappa shape index (κ3) is 5.81. The Kier molecular flexibility index (Phi) is 6.79. The minimum atomic E-state index is -0.228. The van der Waals surface area contributed by atoms with E-state index in [9.17, 15) is 4.39 Å². The summed E-state index contributed by atoms with van der Waals surface area (Å²) in [5, 5.41) is 6.85. The van der Waals surface area contributed by atoms with Crippen molar-refractivity contribution in [2.45, 2.75) is 13.2 Å². The Hall–Kier alpha value is -1.95. The number of nitrogens with zero attached hydrogens (tertiary/aromatic N) is 1. The smallest absolute Gasteiger partial charge is 0.129 e. The lowest BCUT2D eigenvalue weighted by atomic mass is 10.2. The van der Waals surface area contributed by atoms with Gasteiger partial charge in [0.05, 0.1) is 0 Å². The maximum Gasteiger partial charge on any atom is 0.129 e. The molecule has 0 saturated carbocycles. The number of nitrogens with one attached hydrogen (secondary N) is 2. The first-order chi connectivity index (χ1) is 12.3. The molecule has 0 spiro atoms. The highest BCUT2D eigenvalue weighted by Crippen LogP contribution is 2.16. The molecule has 4 nitrogen and oxygen atoms in total. The molecule has 0 unspecified atom stereocenters. The van der Waals surface area contributed by atoms with Crippen molar-refractivity contribution < 1.29 is 9.13 Å². The Morgan fingerprint density at radius 1 is 1.08 bits per heavy atom. The molecule has 25 heavy (non-hydrogen) atoms. The lowest BCUT2D eigenvalue weighted by molar-refractivity contribution is 0.241. The number of hydrogen-bond acceptors (Lipinski definition) is 4. The standard InChI is InChI=1S/C20H26FN3O/c21-20-7-2-1-5-18(20)16-25-19-6-3-4-17(14-19)15-23-10-13-24-11-8-22-9-12-24/h1-7,14,22-23H,8-13,15-16H2. The largest absolute Gasteiger partial charge is 0.489 e. The van der Waals surface area contributed by atoms with Gasteiger partial charge in [-0.2, -0.15) is 0 Å². The van der Waals surface area contributed by atoms with Crippen LogP contribution in [-0.2, 0) is 13.2 Å². The summed E-state index contributed by atoms with van der Waals surface area (Å²) in [6.45, 7) is 7.52. The van der Waals surface area contributed by atoms with Gasteiger partial charge in [-0.3, -0.25) is 4.90 Å². The molecular weight excluding hydrogens is 317 g/mol. The van der Waals surface area contributed by atoms with Crippen molar-refractivity contribution >= 4 is 0 Å². The van der Waals surface area contributed by atoms with Crippen molar-refractivity contribution in [3.63, 3.8) is 0 Å². The molecule has 2 aromatic rings. The van der Waals surface area contributed by atoms with Gasteiger partial charge >= 0.3 is 0 Å². The van der Waals surface area contributed by atoms with Crippen LogP contribution in [0, 0.1) is 5.82 Å². The second kappa shape index (κ2) is 9.51. The Morgan fingerprint density at radius 2 is 1.92 bits per heavy atom. The quantitative estimate of drug-likeness (QED) is 0.722. The highest BCUT2D eigenvalue weighted by Gasteiger charge is 2.08. The van der Waals surface area contributed by atoms with Gasteiger partial charge in [-0.1, -0.05) is 30.3 Å². The van der Waals surface area contributed by atoms with Gasteiger partial charge in [0.2, 0.25) is 0 Å². The van der Waals surface area contributed by atoms with Crippen molar-refractivity contribution in [3.8, 4) is 5.75 Å². The fraction of sp³-hybridized carbons (Fsp3) is 0.400. The van der Waals surface area contributed by atoms with Crippen molar-refractivity contribution in [2.24, 2.45) is 0 Å². The van der Waals surface area contributed by atoms with Crippen molar-refractivity contribution in [2.75, 3.05) is 39.3 Å². The Morgan fingerprint density at radius 3 is 2.76 bits per heavy atom. The van der Waals surface area contributed by atoms with Crippen LogP contribution in [0.25, 0.3) is 0 Å². The SMILES string of the molecule is Fc1ccccc1COc1cccc(CNCCN2CCNCC2)c1. The molecule has 1 aliphatic heterocycles. The van der Waals surface area contributed by atoms with Crippen molar-refractivity contribution in [1.82, 2.24) is 15.5 Å². The predicted octanol–water partition coefficient (Wildman–Crippen LogP) is 2.40. The fourth-order valence-electron chi connectivity index (χ4n) is 2.93. The predicted molar refractivity (Wildman–Crippen MR) is 98.2 cm³/mol. The van der Waals surface area contributed by atoms with Gasteiger partial charge < -0.3 is 15.4 Å². The van der Waals surface area contributed by atoms with Crippen LogP contribution in [0.15, 0.2) is 48.5 Å². The van der Waals surface area contributed by atoms with E-state index >= 15 is 0 Å². The van der Waals surface area contributed by atoms with Crippen LogP contribution >= 0.6 is 0 Å². The average molecular weight is 343 g/mol. The third-order valence-electron chi connectivity index (χ3n) is 4.39. The van der Waals surface area contributed by atoms with E-state index in [0.717, 1.165) is 51.6 Å². The molecule has 0 bridgehead atoms. The second-order valence-corrected chi connectivity index (χ2v) is 6.30. The van der Waals surface area contributed by atoms with Crippen LogP contribution in [-0.4, -0.2) is 44.2 Å². The molecule has 0 radical (unpaired) electrons. The van der Waals surface area contributed by atoms with E-state index in [-0.39, 0.29) is 12.4 Å². The van der Waals surface area contributed by atoms with Crippen LogP contribution < -0.4 is 15.4 Å². The number of hydrogen-bond donors (Lipinski definition) is 2. The lowest BCUT2D eigenvalue weighted by Crippen LogP contribution is -2.45. The first kappa shape index (κ1) is 17.9. The second-order valence-electron chi connectivity index (χ2n) is 6.30. The summed E-state index contributed by atoms with van der Waals surface area (Å²) in [6.07, 6.45) is 0. The summed E-state index contributed by atoms with van der Waals surface area (Å²) >= 11 is 0. The lowest BCUT2D eigenvalue weighted by Gasteiger charge is -2.27. The molecule has 0 aliphatic carbocycles. The zero-order valence-electron chi connectivity index (χ0n) is 14.5. The summed E-state index contributed by atoms with van der Waals surface area (Å²) in [5.41, 5.74) is 1.74. The maximum atomic E-state index is 13.6. The van der Waals surface area contributed by atoms with E-state index in [1.165, 1.54) is 11.6 Å². The van der Waals surface area contributed by atoms with Crippen molar-refractivity contribution in [1.29, 1.82) is 0 Å². The van der Waals surface area contributed by atoms with Crippen LogP contribution in [0.2, 0.25) is 0 Å². The topological polar surface area (TPSA) is 36.5 Å². The normalized spacial score (nSPS) is 15.2. The number of halogens is 1. The Bertz CT molecular complexity index is 659. The Balaban J connectivity index is 1.42. The third-order valence-corrected chi connectivity index (χ3v) is 4.39. The van der Waals surface area contributed by atoms with Gasteiger partial charge in [0.25, 0.3) is 0 Å². The van der Waals surface area contributed by atoms with Crippen LogP contribution in [0.5, 0.6) is 5.75 Å². The molecule has 1 saturated heterocycles. The van der Waals surface area contributed by atoms with Crippen molar-refractivity contribution in [3.05, 3.63) is 65.5 Å². The van der Waals surface area contributed by atoms with E-state index in [1.54, 1.807) is 12.1 Å². The zero-order valence-corrected chi connectivity index (χ0v) is 14.5. The first-order valence-electron chi connectivity index (χ1n) is 8.90. The van der Waals surface area contributed by atoms with Gasteiger partial charge in [0.1, 0.15) is 18.2 Å². The molecule has 1 aliphatic rings. The zero-order chi connectivity index (χ0) is 17.3. The molecule has 1 heterocycles. The number of piperazine rings is 1. The molecule has 3 rings (SSSR count). The van der Waals surface area contributed by atoms with E-state index in [4.69, 9.17) is 4.74 Å². The van der Waals surface area contributed by atoms with Gasteiger partial charge in [-0.05, 0) is 23.8 Å². The van der Waals surface area contributed by atoms with Gasteiger partial charge in [0, 0.05) is 51.4 Å². The van der Waals surface area contributed by atoms with Gasteiger partial charge in [-0.15, -0.1) is 0 Å². The highest BCUT2D eigenvalue weighted by molar-refractivity contribution is 5.29. The summed E-state index contributed by atoms with van der Waals surface area (Å²) < 4.78 is 19.4. The summed E-state index contributed by atoms with van der Waals surface area (Å²) in [4.78, 5) is 2.47. The van der Waals surface area contributed by atoms with E-state index in [2.05, 4.69) is 21.6 Å². The van der Waals surface area contributed by atoms with E-state index in [0.29, 0.717) is 5.56 Å². The molecule has 2 aromatic carbocycles. The summed E-state index contributed by atoms with van der Waals surface area (Å²) in [7, 11) is 0. The van der Waals surface area contributed by atoms with Crippen LogP contribution in [0.4, 0.5) is 4.39 Å². The molecule has 0 amide bonds. The molecular formula is C20H26FN3O. The first-order valence-corrected chi connectivity index (χ1v) is 8.90. The number of benzene rings is 2. The molecule has 1 fully saturated rings. The summed E-state index contributed by atoms with van der Waals surface area (Å²) in [6, 6.07) is 14.7. The monoisotopic (exact) mass is 343 g/mol.